The summed E-state index contributed by atoms with van der Waals surface area (Å²) in [5, 5.41) is 3.98. The molecule has 0 heterocycles. The number of benzene rings is 3. The topological polar surface area (TPSA) is 86.2 Å². The lowest BCUT2D eigenvalue weighted by Gasteiger charge is -2.13. The van der Waals surface area contributed by atoms with E-state index in [1.165, 1.54) is 6.21 Å². The van der Waals surface area contributed by atoms with E-state index in [9.17, 15) is 9.59 Å². The molecule has 0 radical (unpaired) electrons. The number of ether oxygens (including phenoxy) is 3. The van der Waals surface area contributed by atoms with Gasteiger partial charge in [0.15, 0.2) is 6.10 Å². The SMILES string of the molecule is COc1ccc(C(=O)Oc2ccc(Br)cc2/C=N\NC(=O)[C@@H](C)Oc2ccc(Br)cc2)cc1. The molecular formula is C24H20Br2N2O5. The molecule has 170 valence electrons. The normalized spacial score (nSPS) is 11.6. The second-order valence-electron chi connectivity index (χ2n) is 6.75. The van der Waals surface area contributed by atoms with Crippen molar-refractivity contribution in [3.63, 3.8) is 0 Å². The van der Waals surface area contributed by atoms with Crippen LogP contribution in [0.5, 0.6) is 17.2 Å². The van der Waals surface area contributed by atoms with Crippen LogP contribution in [0.15, 0.2) is 80.8 Å². The quantitative estimate of drug-likeness (QED) is 0.169. The average molecular weight is 576 g/mol. The number of nitrogens with one attached hydrogen (secondary N) is 1. The van der Waals surface area contributed by atoms with E-state index in [1.54, 1.807) is 68.6 Å². The Hall–Kier alpha value is -3.17. The number of hydrogen-bond donors (Lipinski definition) is 1. The molecule has 0 aliphatic heterocycles. The maximum atomic E-state index is 12.5. The van der Waals surface area contributed by atoms with Crippen LogP contribution >= 0.6 is 31.9 Å². The second kappa shape index (κ2) is 11.6. The third kappa shape index (κ3) is 7.16. The summed E-state index contributed by atoms with van der Waals surface area (Å²) in [7, 11) is 1.55. The van der Waals surface area contributed by atoms with Crippen molar-refractivity contribution in [1.29, 1.82) is 0 Å². The van der Waals surface area contributed by atoms with E-state index in [4.69, 9.17) is 14.2 Å². The molecule has 33 heavy (non-hydrogen) atoms. The Morgan fingerprint density at radius 2 is 1.58 bits per heavy atom. The summed E-state index contributed by atoms with van der Waals surface area (Å²) in [4.78, 5) is 24.8. The van der Waals surface area contributed by atoms with Crippen LogP contribution in [0.2, 0.25) is 0 Å². The highest BCUT2D eigenvalue weighted by Crippen LogP contribution is 2.23. The number of carbonyl (C=O) groups is 2. The number of hydrogen-bond acceptors (Lipinski definition) is 6. The molecule has 3 aromatic rings. The standard InChI is InChI=1S/C24H20Br2N2O5/c1-15(32-21-10-5-18(25)6-11-21)23(29)28-27-14-17-13-19(26)7-12-22(17)33-24(30)16-3-8-20(31-2)9-4-16/h3-15H,1-2H3,(H,28,29)/b27-14-/t15-/m1/s1. The van der Waals surface area contributed by atoms with E-state index in [0.29, 0.717) is 22.6 Å². The van der Waals surface area contributed by atoms with Crippen LogP contribution < -0.4 is 19.6 Å². The molecule has 1 amide bonds. The number of esters is 1. The number of rotatable bonds is 8. The fraction of sp³-hybridized carbons (Fsp3) is 0.125. The van der Waals surface area contributed by atoms with Gasteiger partial charge in [-0.05, 0) is 73.7 Å². The Kier molecular flexibility index (Phi) is 8.62. The van der Waals surface area contributed by atoms with E-state index >= 15 is 0 Å². The summed E-state index contributed by atoms with van der Waals surface area (Å²) in [6.07, 6.45) is 0.629. The van der Waals surface area contributed by atoms with Crippen LogP contribution in [-0.2, 0) is 4.79 Å². The summed E-state index contributed by atoms with van der Waals surface area (Å²) < 4.78 is 17.9. The van der Waals surface area contributed by atoms with E-state index < -0.39 is 18.0 Å². The molecule has 1 atom stereocenters. The average Bonchev–Trinajstić information content (AvgIpc) is 2.82. The number of halogens is 2. The Labute approximate surface area is 208 Å². The van der Waals surface area contributed by atoms with Crippen molar-refractivity contribution in [1.82, 2.24) is 5.43 Å². The van der Waals surface area contributed by atoms with Crippen molar-refractivity contribution in [2.24, 2.45) is 5.10 Å². The van der Waals surface area contributed by atoms with Gasteiger partial charge in [-0.15, -0.1) is 0 Å². The summed E-state index contributed by atoms with van der Waals surface area (Å²) in [5.41, 5.74) is 3.30. The van der Waals surface area contributed by atoms with Gasteiger partial charge < -0.3 is 14.2 Å². The van der Waals surface area contributed by atoms with Crippen molar-refractivity contribution < 1.29 is 23.8 Å². The molecule has 3 aromatic carbocycles. The van der Waals surface area contributed by atoms with Crippen LogP contribution in [0.3, 0.4) is 0 Å². The zero-order valence-corrected chi connectivity index (χ0v) is 20.9. The van der Waals surface area contributed by atoms with Crippen molar-refractivity contribution >= 4 is 50.0 Å². The number of hydrazone groups is 1. The predicted molar refractivity (Wildman–Crippen MR) is 132 cm³/mol. The third-order valence-electron chi connectivity index (χ3n) is 4.37. The smallest absolute Gasteiger partial charge is 0.343 e. The molecule has 1 N–H and O–H groups in total. The highest BCUT2D eigenvalue weighted by atomic mass is 79.9. The molecule has 0 saturated heterocycles. The number of carbonyl (C=O) groups excluding carboxylic acids is 2. The van der Waals surface area contributed by atoms with Crippen LogP contribution in [0.1, 0.15) is 22.8 Å². The molecule has 7 nitrogen and oxygen atoms in total. The van der Waals surface area contributed by atoms with Gasteiger partial charge in [0, 0.05) is 14.5 Å². The lowest BCUT2D eigenvalue weighted by Crippen LogP contribution is -2.33. The van der Waals surface area contributed by atoms with Gasteiger partial charge in [0.1, 0.15) is 17.2 Å². The zero-order chi connectivity index (χ0) is 23.8. The van der Waals surface area contributed by atoms with Crippen molar-refractivity contribution in [2.45, 2.75) is 13.0 Å². The van der Waals surface area contributed by atoms with Crippen molar-refractivity contribution in [2.75, 3.05) is 7.11 Å². The second-order valence-corrected chi connectivity index (χ2v) is 8.58. The van der Waals surface area contributed by atoms with Crippen LogP contribution in [0, 0.1) is 0 Å². The van der Waals surface area contributed by atoms with Gasteiger partial charge in [-0.25, -0.2) is 10.2 Å². The lowest BCUT2D eigenvalue weighted by atomic mass is 10.2. The first-order valence-corrected chi connectivity index (χ1v) is 11.3. The molecule has 0 aromatic heterocycles. The molecule has 0 fully saturated rings. The number of amides is 1. The van der Waals surface area contributed by atoms with E-state index in [1.807, 2.05) is 12.1 Å². The van der Waals surface area contributed by atoms with Gasteiger partial charge in [0.25, 0.3) is 5.91 Å². The highest BCUT2D eigenvalue weighted by molar-refractivity contribution is 9.10. The van der Waals surface area contributed by atoms with E-state index in [0.717, 1.165) is 8.95 Å². The zero-order valence-electron chi connectivity index (χ0n) is 17.7. The molecular weight excluding hydrogens is 556 g/mol. The van der Waals surface area contributed by atoms with Crippen LogP contribution in [-0.4, -0.2) is 31.3 Å². The molecule has 0 unspecified atom stereocenters. The summed E-state index contributed by atoms with van der Waals surface area (Å²) in [5.74, 6) is 0.522. The highest BCUT2D eigenvalue weighted by Gasteiger charge is 2.15. The largest absolute Gasteiger partial charge is 0.497 e. The lowest BCUT2D eigenvalue weighted by molar-refractivity contribution is -0.127. The fourth-order valence-electron chi connectivity index (χ4n) is 2.63. The van der Waals surface area contributed by atoms with Crippen molar-refractivity contribution in [3.05, 3.63) is 86.8 Å². The molecule has 0 aliphatic rings. The molecule has 0 aliphatic carbocycles. The van der Waals surface area contributed by atoms with Gasteiger partial charge >= 0.3 is 5.97 Å². The first-order chi connectivity index (χ1) is 15.9. The molecule has 9 heteroatoms. The monoisotopic (exact) mass is 574 g/mol. The number of nitrogens with zero attached hydrogens (tertiary/aromatic N) is 1. The summed E-state index contributed by atoms with van der Waals surface area (Å²) in [6, 6.07) is 18.8. The Morgan fingerprint density at radius 1 is 0.939 bits per heavy atom. The molecule has 3 rings (SSSR count). The molecule has 0 saturated carbocycles. The maximum Gasteiger partial charge on any atom is 0.343 e. The van der Waals surface area contributed by atoms with Gasteiger partial charge in [0.2, 0.25) is 0 Å². The fourth-order valence-corrected chi connectivity index (χ4v) is 3.27. The third-order valence-corrected chi connectivity index (χ3v) is 5.40. The molecule has 0 spiro atoms. The number of methoxy groups -OCH3 is 1. The Balaban J connectivity index is 1.64. The minimum atomic E-state index is -0.766. The van der Waals surface area contributed by atoms with Crippen LogP contribution in [0.4, 0.5) is 0 Å². The predicted octanol–water partition coefficient (Wildman–Crippen LogP) is 5.36. The first kappa shape index (κ1) is 24.5. The van der Waals surface area contributed by atoms with Gasteiger partial charge in [-0.1, -0.05) is 31.9 Å². The van der Waals surface area contributed by atoms with Crippen LogP contribution in [0.25, 0.3) is 0 Å². The van der Waals surface area contributed by atoms with Crippen molar-refractivity contribution in [3.8, 4) is 17.2 Å². The van der Waals surface area contributed by atoms with Gasteiger partial charge in [-0.3, -0.25) is 4.79 Å². The molecule has 0 bridgehead atoms. The minimum Gasteiger partial charge on any atom is -0.497 e. The maximum absolute atomic E-state index is 12.5. The Morgan fingerprint density at radius 3 is 2.24 bits per heavy atom. The summed E-state index contributed by atoms with van der Waals surface area (Å²) >= 11 is 6.73. The first-order valence-electron chi connectivity index (χ1n) is 9.76. The Bertz CT molecular complexity index is 1150. The minimum absolute atomic E-state index is 0.288. The van der Waals surface area contributed by atoms with E-state index in [-0.39, 0.29) is 5.75 Å². The van der Waals surface area contributed by atoms with Gasteiger partial charge in [0.05, 0.1) is 18.9 Å². The summed E-state index contributed by atoms with van der Waals surface area (Å²) in [6.45, 7) is 1.62. The van der Waals surface area contributed by atoms with Gasteiger partial charge in [-0.2, -0.15) is 5.10 Å². The van der Waals surface area contributed by atoms with E-state index in [2.05, 4.69) is 42.4 Å².